The fourth-order valence-electron chi connectivity index (χ4n) is 2.71. The van der Waals surface area contributed by atoms with Gasteiger partial charge in [-0.1, -0.05) is 12.1 Å². The maximum atomic E-state index is 13.8. The van der Waals surface area contributed by atoms with Crippen molar-refractivity contribution in [2.75, 3.05) is 37.7 Å². The molecular formula is C18H17F3N2O2. The largest absolute Gasteiger partial charge is 0.484 e. The number of piperazine rings is 1. The summed E-state index contributed by atoms with van der Waals surface area (Å²) in [6.07, 6.45) is 0. The van der Waals surface area contributed by atoms with E-state index in [4.69, 9.17) is 4.74 Å². The van der Waals surface area contributed by atoms with Gasteiger partial charge in [0.2, 0.25) is 0 Å². The van der Waals surface area contributed by atoms with Gasteiger partial charge < -0.3 is 14.5 Å². The lowest BCUT2D eigenvalue weighted by Gasteiger charge is -2.36. The molecule has 7 heteroatoms. The summed E-state index contributed by atoms with van der Waals surface area (Å²) in [4.78, 5) is 15.7. The van der Waals surface area contributed by atoms with Gasteiger partial charge in [0, 0.05) is 32.2 Å². The highest BCUT2D eigenvalue weighted by molar-refractivity contribution is 5.78. The molecule has 1 aliphatic rings. The van der Waals surface area contributed by atoms with E-state index in [1.54, 1.807) is 23.1 Å². The Labute approximate surface area is 143 Å². The Morgan fingerprint density at radius 3 is 2.32 bits per heavy atom. The minimum Gasteiger partial charge on any atom is -0.484 e. The van der Waals surface area contributed by atoms with Gasteiger partial charge in [-0.05, 0) is 24.3 Å². The van der Waals surface area contributed by atoms with Crippen LogP contribution in [-0.2, 0) is 4.79 Å². The van der Waals surface area contributed by atoms with E-state index in [0.717, 1.165) is 12.1 Å². The normalized spacial score (nSPS) is 14.5. The van der Waals surface area contributed by atoms with Crippen LogP contribution < -0.4 is 9.64 Å². The molecule has 0 atom stereocenters. The first-order valence-corrected chi connectivity index (χ1v) is 7.89. The molecule has 0 radical (unpaired) electrons. The summed E-state index contributed by atoms with van der Waals surface area (Å²) < 4.78 is 45.0. The number of carbonyl (C=O) groups excluding carboxylic acids is 1. The zero-order chi connectivity index (χ0) is 17.8. The first kappa shape index (κ1) is 17.1. The van der Waals surface area contributed by atoms with Crippen molar-refractivity contribution in [1.82, 2.24) is 4.90 Å². The second-order valence-corrected chi connectivity index (χ2v) is 5.68. The van der Waals surface area contributed by atoms with Gasteiger partial charge >= 0.3 is 0 Å². The molecule has 0 bridgehead atoms. The molecule has 1 fully saturated rings. The molecule has 0 aliphatic carbocycles. The van der Waals surface area contributed by atoms with Gasteiger partial charge in [-0.3, -0.25) is 4.79 Å². The van der Waals surface area contributed by atoms with Gasteiger partial charge in [0.15, 0.2) is 18.2 Å². The summed E-state index contributed by atoms with van der Waals surface area (Å²) in [6.45, 7) is 1.64. The first-order chi connectivity index (χ1) is 12.0. The molecule has 0 saturated carbocycles. The standard InChI is InChI=1S/C18H17F3N2O2/c19-14-6-5-13(11-16(14)21)25-12-18(24)23-9-7-22(8-10-23)17-4-2-1-3-15(17)20/h1-6,11H,7-10,12H2. The van der Waals surface area contributed by atoms with Gasteiger partial charge in [-0.2, -0.15) is 0 Å². The van der Waals surface area contributed by atoms with Crippen LogP contribution in [0.15, 0.2) is 42.5 Å². The summed E-state index contributed by atoms with van der Waals surface area (Å²) in [5.41, 5.74) is 0.521. The van der Waals surface area contributed by atoms with Crippen LogP contribution in [0.3, 0.4) is 0 Å². The average molecular weight is 350 g/mol. The molecular weight excluding hydrogens is 333 g/mol. The van der Waals surface area contributed by atoms with Crippen LogP contribution >= 0.6 is 0 Å². The molecule has 0 N–H and O–H groups in total. The molecule has 0 spiro atoms. The molecule has 1 saturated heterocycles. The van der Waals surface area contributed by atoms with Crippen molar-refractivity contribution in [3.05, 3.63) is 59.9 Å². The van der Waals surface area contributed by atoms with Crippen LogP contribution in [0.1, 0.15) is 0 Å². The van der Waals surface area contributed by atoms with Gasteiger partial charge in [-0.15, -0.1) is 0 Å². The lowest BCUT2D eigenvalue weighted by Crippen LogP contribution is -2.50. The highest BCUT2D eigenvalue weighted by atomic mass is 19.2. The highest BCUT2D eigenvalue weighted by Gasteiger charge is 2.23. The number of rotatable bonds is 4. The third kappa shape index (κ3) is 4.04. The van der Waals surface area contributed by atoms with Crippen LogP contribution in [0.25, 0.3) is 0 Å². The van der Waals surface area contributed by atoms with Crippen molar-refractivity contribution in [2.45, 2.75) is 0 Å². The Morgan fingerprint density at radius 1 is 0.920 bits per heavy atom. The summed E-state index contributed by atoms with van der Waals surface area (Å²) >= 11 is 0. The van der Waals surface area contributed by atoms with Crippen LogP contribution in [0.2, 0.25) is 0 Å². The van der Waals surface area contributed by atoms with E-state index in [1.807, 2.05) is 4.90 Å². The smallest absolute Gasteiger partial charge is 0.260 e. The third-order valence-corrected chi connectivity index (χ3v) is 4.08. The quantitative estimate of drug-likeness (QED) is 0.850. The van der Waals surface area contributed by atoms with Gasteiger partial charge in [0.25, 0.3) is 5.91 Å². The van der Waals surface area contributed by atoms with Gasteiger partial charge in [-0.25, -0.2) is 13.2 Å². The summed E-state index contributed by atoms with van der Waals surface area (Å²) in [5.74, 6) is -2.44. The monoisotopic (exact) mass is 350 g/mol. The number of halogens is 3. The Hall–Kier alpha value is -2.70. The molecule has 4 nitrogen and oxygen atoms in total. The number of amides is 1. The SMILES string of the molecule is O=C(COc1ccc(F)c(F)c1)N1CCN(c2ccccc2F)CC1. The average Bonchev–Trinajstić information content (AvgIpc) is 2.63. The van der Waals surface area contributed by atoms with Gasteiger partial charge in [0.05, 0.1) is 5.69 Å². The Kier molecular flexibility index (Phi) is 5.11. The number of benzene rings is 2. The maximum absolute atomic E-state index is 13.8. The number of hydrogen-bond acceptors (Lipinski definition) is 3. The number of anilines is 1. The number of ether oxygens (including phenoxy) is 1. The van der Waals surface area contributed by atoms with Crippen molar-refractivity contribution < 1.29 is 22.7 Å². The fraction of sp³-hybridized carbons (Fsp3) is 0.278. The zero-order valence-electron chi connectivity index (χ0n) is 13.4. The van der Waals surface area contributed by atoms with E-state index >= 15 is 0 Å². The second-order valence-electron chi connectivity index (χ2n) is 5.68. The van der Waals surface area contributed by atoms with Crippen molar-refractivity contribution in [3.63, 3.8) is 0 Å². The van der Waals surface area contributed by atoms with E-state index in [0.29, 0.717) is 31.9 Å². The number of para-hydroxylation sites is 1. The van der Waals surface area contributed by atoms with Crippen LogP contribution in [0.4, 0.5) is 18.9 Å². The zero-order valence-corrected chi connectivity index (χ0v) is 13.4. The van der Waals surface area contributed by atoms with Gasteiger partial charge in [0.1, 0.15) is 11.6 Å². The highest BCUT2D eigenvalue weighted by Crippen LogP contribution is 2.20. The van der Waals surface area contributed by atoms with Crippen molar-refractivity contribution in [2.24, 2.45) is 0 Å². The minimum atomic E-state index is -1.02. The molecule has 3 rings (SSSR count). The summed E-state index contributed by atoms with van der Waals surface area (Å²) in [7, 11) is 0. The first-order valence-electron chi connectivity index (χ1n) is 7.89. The predicted octanol–water partition coefficient (Wildman–Crippen LogP) is 2.83. The lowest BCUT2D eigenvalue weighted by atomic mass is 10.2. The topological polar surface area (TPSA) is 32.8 Å². The minimum absolute atomic E-state index is 0.0947. The summed E-state index contributed by atoms with van der Waals surface area (Å²) in [6, 6.07) is 9.63. The lowest BCUT2D eigenvalue weighted by molar-refractivity contribution is -0.133. The van der Waals surface area contributed by atoms with Crippen molar-refractivity contribution in [3.8, 4) is 5.75 Å². The second kappa shape index (κ2) is 7.46. The molecule has 0 aromatic heterocycles. The van der Waals surface area contributed by atoms with E-state index in [2.05, 4.69) is 0 Å². The molecule has 1 amide bonds. The van der Waals surface area contributed by atoms with E-state index in [9.17, 15) is 18.0 Å². The fourth-order valence-corrected chi connectivity index (χ4v) is 2.71. The molecule has 0 unspecified atom stereocenters. The number of nitrogens with zero attached hydrogens (tertiary/aromatic N) is 2. The molecule has 132 valence electrons. The Bertz CT molecular complexity index is 762. The van der Waals surface area contributed by atoms with Crippen LogP contribution in [0, 0.1) is 17.5 Å². The van der Waals surface area contributed by atoms with Crippen molar-refractivity contribution >= 4 is 11.6 Å². The molecule has 2 aromatic carbocycles. The van der Waals surface area contributed by atoms with E-state index < -0.39 is 11.6 Å². The molecule has 2 aromatic rings. The van der Waals surface area contributed by atoms with Crippen LogP contribution in [-0.4, -0.2) is 43.6 Å². The summed E-state index contributed by atoms with van der Waals surface area (Å²) in [5, 5.41) is 0. The van der Waals surface area contributed by atoms with E-state index in [-0.39, 0.29) is 24.1 Å². The molecule has 25 heavy (non-hydrogen) atoms. The molecule has 1 aliphatic heterocycles. The number of hydrogen-bond donors (Lipinski definition) is 0. The predicted molar refractivity (Wildman–Crippen MR) is 87.0 cm³/mol. The van der Waals surface area contributed by atoms with Crippen molar-refractivity contribution in [1.29, 1.82) is 0 Å². The van der Waals surface area contributed by atoms with E-state index in [1.165, 1.54) is 12.1 Å². The maximum Gasteiger partial charge on any atom is 0.260 e. The number of carbonyl (C=O) groups is 1. The molecule has 1 heterocycles. The Balaban J connectivity index is 1.51. The van der Waals surface area contributed by atoms with Crippen LogP contribution in [0.5, 0.6) is 5.75 Å². The Morgan fingerprint density at radius 2 is 1.64 bits per heavy atom. The third-order valence-electron chi connectivity index (χ3n) is 4.08.